The lowest BCUT2D eigenvalue weighted by Gasteiger charge is -2.07. The van der Waals surface area contributed by atoms with Crippen LogP contribution in [0.3, 0.4) is 0 Å². The molecule has 1 aliphatic rings. The first-order chi connectivity index (χ1) is 4.33. The fourth-order valence-corrected chi connectivity index (χ4v) is 0.883. The van der Waals surface area contributed by atoms with Crippen LogP contribution in [0.15, 0.2) is 17.0 Å². The highest BCUT2D eigenvalue weighted by atomic mass is 32.2. The van der Waals surface area contributed by atoms with Gasteiger partial charge in [0.2, 0.25) is 0 Å². The molecule has 0 amide bonds. The molecule has 50 valence electrons. The maximum atomic E-state index is 8.80. The van der Waals surface area contributed by atoms with Gasteiger partial charge in [-0.05, 0) is 6.26 Å². The maximum Gasteiger partial charge on any atom is 0.160 e. The largest absolute Gasteiger partial charge is 0.509 e. The van der Waals surface area contributed by atoms with E-state index in [0.29, 0.717) is 6.54 Å². The molecular weight excluding hydrogens is 136 g/mol. The van der Waals surface area contributed by atoms with Gasteiger partial charge in [-0.1, -0.05) is 11.8 Å². The number of nitrogens with one attached hydrogen (secondary N) is 1. The standard InChI is InChI=1S/C5H8N2OS/c1-9-5-6-2-4(8)3-7-5/h2,8H,3H2,1H3,(H,6,7). The van der Waals surface area contributed by atoms with E-state index in [1.807, 2.05) is 6.26 Å². The van der Waals surface area contributed by atoms with Gasteiger partial charge in [0.05, 0.1) is 0 Å². The number of thioether (sulfide) groups is 1. The van der Waals surface area contributed by atoms with Crippen LogP contribution in [-0.4, -0.2) is 23.1 Å². The minimum Gasteiger partial charge on any atom is -0.509 e. The van der Waals surface area contributed by atoms with Gasteiger partial charge < -0.3 is 10.4 Å². The van der Waals surface area contributed by atoms with E-state index >= 15 is 0 Å². The molecule has 0 aromatic heterocycles. The molecule has 3 nitrogen and oxygen atoms in total. The van der Waals surface area contributed by atoms with E-state index < -0.39 is 0 Å². The predicted molar refractivity (Wildman–Crippen MR) is 39.7 cm³/mol. The average Bonchev–Trinajstić information content (AvgIpc) is 1.90. The highest BCUT2D eigenvalue weighted by Crippen LogP contribution is 2.01. The monoisotopic (exact) mass is 144 g/mol. The van der Waals surface area contributed by atoms with Crippen LogP contribution < -0.4 is 5.32 Å². The van der Waals surface area contributed by atoms with Crippen LogP contribution >= 0.6 is 11.8 Å². The summed E-state index contributed by atoms with van der Waals surface area (Å²) in [6.45, 7) is 0.406. The van der Waals surface area contributed by atoms with Gasteiger partial charge in [-0.2, -0.15) is 0 Å². The summed E-state index contributed by atoms with van der Waals surface area (Å²) in [6.07, 6.45) is 3.49. The Balaban J connectivity index is 2.48. The molecule has 4 heteroatoms. The fraction of sp³-hybridized carbons (Fsp3) is 0.400. The first-order valence-electron chi connectivity index (χ1n) is 2.56. The van der Waals surface area contributed by atoms with Gasteiger partial charge in [-0.15, -0.1) is 0 Å². The van der Waals surface area contributed by atoms with Gasteiger partial charge >= 0.3 is 0 Å². The van der Waals surface area contributed by atoms with E-state index in [2.05, 4.69) is 10.3 Å². The van der Waals surface area contributed by atoms with E-state index in [1.165, 1.54) is 11.8 Å². The molecule has 1 aliphatic heterocycles. The van der Waals surface area contributed by atoms with Crippen LogP contribution in [0.5, 0.6) is 0 Å². The van der Waals surface area contributed by atoms with Gasteiger partial charge in [0, 0.05) is 6.20 Å². The van der Waals surface area contributed by atoms with E-state index in [4.69, 9.17) is 5.11 Å². The van der Waals surface area contributed by atoms with Crippen LogP contribution in [0.2, 0.25) is 0 Å². The second kappa shape index (κ2) is 2.77. The zero-order chi connectivity index (χ0) is 6.69. The van der Waals surface area contributed by atoms with E-state index in [1.54, 1.807) is 6.20 Å². The molecule has 0 saturated heterocycles. The molecule has 0 radical (unpaired) electrons. The van der Waals surface area contributed by atoms with Crippen molar-refractivity contribution in [2.75, 3.05) is 12.8 Å². The molecule has 1 heterocycles. The van der Waals surface area contributed by atoms with Gasteiger partial charge in [-0.3, -0.25) is 4.99 Å². The highest BCUT2D eigenvalue weighted by Gasteiger charge is 2.00. The second-order valence-corrected chi connectivity index (χ2v) is 2.40. The molecule has 0 bridgehead atoms. The Labute approximate surface area is 57.9 Å². The molecule has 9 heavy (non-hydrogen) atoms. The zero-order valence-corrected chi connectivity index (χ0v) is 5.90. The molecule has 0 atom stereocenters. The summed E-state index contributed by atoms with van der Waals surface area (Å²) in [5.74, 6) is 0.285. The quantitative estimate of drug-likeness (QED) is 0.526. The van der Waals surface area contributed by atoms with Crippen LogP contribution in [0.1, 0.15) is 0 Å². The smallest absolute Gasteiger partial charge is 0.160 e. The predicted octanol–water partition coefficient (Wildman–Crippen LogP) is 0.708. The topological polar surface area (TPSA) is 44.6 Å². The van der Waals surface area contributed by atoms with Crippen LogP contribution in [0.25, 0.3) is 0 Å². The van der Waals surface area contributed by atoms with E-state index in [0.717, 1.165) is 5.17 Å². The number of rotatable bonds is 0. The van der Waals surface area contributed by atoms with Gasteiger partial charge in [0.25, 0.3) is 0 Å². The Bertz CT molecular complexity index is 164. The number of aliphatic hydroxyl groups excluding tert-OH is 1. The van der Waals surface area contributed by atoms with Gasteiger partial charge in [0.1, 0.15) is 12.3 Å². The SMILES string of the molecule is CSC1=NCC(O)=CN1. The molecule has 0 saturated carbocycles. The Morgan fingerprint density at radius 1 is 1.89 bits per heavy atom. The second-order valence-electron chi connectivity index (χ2n) is 1.61. The van der Waals surface area contributed by atoms with Crippen molar-refractivity contribution in [3.8, 4) is 0 Å². The van der Waals surface area contributed by atoms with Crippen molar-refractivity contribution in [1.29, 1.82) is 0 Å². The molecule has 0 unspecified atom stereocenters. The van der Waals surface area contributed by atoms with E-state index in [-0.39, 0.29) is 5.76 Å². The zero-order valence-electron chi connectivity index (χ0n) is 5.09. The van der Waals surface area contributed by atoms with Crippen molar-refractivity contribution >= 4 is 16.9 Å². The molecular formula is C5H8N2OS. The number of hydrogen-bond donors (Lipinski definition) is 2. The summed E-state index contributed by atoms with van der Waals surface area (Å²) < 4.78 is 0. The summed E-state index contributed by atoms with van der Waals surface area (Å²) >= 11 is 1.53. The third-order valence-electron chi connectivity index (χ3n) is 0.940. The fourth-order valence-electron chi connectivity index (χ4n) is 0.513. The average molecular weight is 144 g/mol. The molecule has 0 aromatic rings. The molecule has 1 rings (SSSR count). The summed E-state index contributed by atoms with van der Waals surface area (Å²) in [7, 11) is 0. The van der Waals surface area contributed by atoms with Crippen molar-refractivity contribution < 1.29 is 5.11 Å². The lowest BCUT2D eigenvalue weighted by atomic mass is 10.5. The number of aliphatic imine (C=N–C) groups is 1. The van der Waals surface area contributed by atoms with Crippen molar-refractivity contribution in [2.24, 2.45) is 4.99 Å². The highest BCUT2D eigenvalue weighted by molar-refractivity contribution is 8.13. The summed E-state index contributed by atoms with van der Waals surface area (Å²) in [4.78, 5) is 3.98. The summed E-state index contributed by atoms with van der Waals surface area (Å²) in [5.41, 5.74) is 0. The van der Waals surface area contributed by atoms with Gasteiger partial charge in [-0.25, -0.2) is 0 Å². The van der Waals surface area contributed by atoms with Crippen LogP contribution in [-0.2, 0) is 0 Å². The normalized spacial score (nSPS) is 17.9. The van der Waals surface area contributed by atoms with Gasteiger partial charge in [0.15, 0.2) is 5.17 Å². The van der Waals surface area contributed by atoms with Crippen LogP contribution in [0.4, 0.5) is 0 Å². The van der Waals surface area contributed by atoms with Crippen molar-refractivity contribution in [2.45, 2.75) is 0 Å². The summed E-state index contributed by atoms with van der Waals surface area (Å²) in [6, 6.07) is 0. The number of nitrogens with zero attached hydrogens (tertiary/aromatic N) is 1. The minimum atomic E-state index is 0.285. The third kappa shape index (κ3) is 1.64. The van der Waals surface area contributed by atoms with Crippen LogP contribution in [0, 0.1) is 0 Å². The minimum absolute atomic E-state index is 0.285. The molecule has 0 spiro atoms. The first-order valence-corrected chi connectivity index (χ1v) is 3.78. The Morgan fingerprint density at radius 2 is 2.67 bits per heavy atom. The van der Waals surface area contributed by atoms with E-state index in [9.17, 15) is 0 Å². The molecule has 0 aliphatic carbocycles. The van der Waals surface area contributed by atoms with Crippen molar-refractivity contribution in [3.05, 3.63) is 12.0 Å². The Kier molecular flexibility index (Phi) is 2.00. The van der Waals surface area contributed by atoms with Crippen molar-refractivity contribution in [1.82, 2.24) is 5.32 Å². The molecule has 0 aromatic carbocycles. The summed E-state index contributed by atoms with van der Waals surface area (Å²) in [5, 5.41) is 12.5. The molecule has 0 fully saturated rings. The Morgan fingerprint density at radius 3 is 3.11 bits per heavy atom. The number of amidine groups is 1. The van der Waals surface area contributed by atoms with Crippen molar-refractivity contribution in [3.63, 3.8) is 0 Å². The third-order valence-corrected chi connectivity index (χ3v) is 1.57. The first kappa shape index (κ1) is 6.48. The lowest BCUT2D eigenvalue weighted by molar-refractivity contribution is 0.398. The Hall–Kier alpha value is -0.640. The molecule has 2 N–H and O–H groups in total. The number of aliphatic hydroxyl groups is 1. The number of hydrogen-bond acceptors (Lipinski definition) is 4. The lowest BCUT2D eigenvalue weighted by Crippen LogP contribution is -2.19. The maximum absolute atomic E-state index is 8.80.